The molecule has 0 aliphatic carbocycles. The van der Waals surface area contributed by atoms with E-state index in [0.29, 0.717) is 21.7 Å². The molecule has 0 saturated carbocycles. The van der Waals surface area contributed by atoms with E-state index in [1.165, 1.54) is 28.6 Å². The molecule has 0 aliphatic heterocycles. The zero-order valence-corrected chi connectivity index (χ0v) is 18.3. The van der Waals surface area contributed by atoms with Crippen LogP contribution in [0.3, 0.4) is 0 Å². The minimum atomic E-state index is -3.90. The van der Waals surface area contributed by atoms with Crippen LogP contribution in [0.4, 0.5) is 0 Å². The molecule has 0 radical (unpaired) electrons. The van der Waals surface area contributed by atoms with Gasteiger partial charge >= 0.3 is 0 Å². The van der Waals surface area contributed by atoms with Crippen molar-refractivity contribution in [3.8, 4) is 0 Å². The molecule has 0 unspecified atom stereocenters. The minimum Gasteiger partial charge on any atom is -0.322 e. The first-order valence-corrected chi connectivity index (χ1v) is 11.4. The monoisotopic (exact) mass is 453 g/mol. The predicted octanol–water partition coefficient (Wildman–Crippen LogP) is 4.28. The predicted molar refractivity (Wildman–Crippen MR) is 121 cm³/mol. The number of H-pyrrole nitrogens is 1. The molecule has 0 fully saturated rings. The van der Waals surface area contributed by atoms with Gasteiger partial charge in [0.15, 0.2) is 0 Å². The fraction of sp³-hybridized carbons (Fsp3) is 0.130. The lowest BCUT2D eigenvalue weighted by Gasteiger charge is -2.22. The second-order valence-corrected chi connectivity index (χ2v) is 9.68. The Morgan fingerprint density at radius 3 is 2.52 bits per heavy atom. The van der Waals surface area contributed by atoms with Crippen LogP contribution in [0.1, 0.15) is 16.7 Å². The number of rotatable bonds is 6. The Morgan fingerprint density at radius 1 is 1.03 bits per heavy atom. The number of benzene rings is 2. The van der Waals surface area contributed by atoms with Crippen LogP contribution in [0.5, 0.6) is 0 Å². The zero-order valence-electron chi connectivity index (χ0n) is 16.7. The lowest BCUT2D eigenvalue weighted by Crippen LogP contribution is -2.32. The molecule has 0 amide bonds. The smallest absolute Gasteiger partial charge is 0.252 e. The van der Waals surface area contributed by atoms with Crippen molar-refractivity contribution in [1.82, 2.24) is 14.3 Å². The Bertz CT molecular complexity index is 1390. The summed E-state index contributed by atoms with van der Waals surface area (Å²) in [5.74, 6) is 0. The third kappa shape index (κ3) is 4.69. The highest BCUT2D eigenvalue weighted by Crippen LogP contribution is 2.23. The van der Waals surface area contributed by atoms with Gasteiger partial charge in [0.05, 0.1) is 4.90 Å². The fourth-order valence-electron chi connectivity index (χ4n) is 3.34. The van der Waals surface area contributed by atoms with Gasteiger partial charge in [-0.1, -0.05) is 29.8 Å². The van der Waals surface area contributed by atoms with E-state index < -0.39 is 10.0 Å². The third-order valence-electron chi connectivity index (χ3n) is 4.96. The van der Waals surface area contributed by atoms with E-state index in [4.69, 9.17) is 11.6 Å². The van der Waals surface area contributed by atoms with Crippen molar-refractivity contribution in [2.24, 2.45) is 0 Å². The highest BCUT2D eigenvalue weighted by atomic mass is 35.5. The number of fused-ring (bicyclic) bond motifs is 1. The molecule has 2 aromatic carbocycles. The van der Waals surface area contributed by atoms with Crippen molar-refractivity contribution in [3.63, 3.8) is 0 Å². The van der Waals surface area contributed by atoms with E-state index in [0.717, 1.165) is 10.9 Å². The van der Waals surface area contributed by atoms with Gasteiger partial charge < -0.3 is 4.98 Å². The highest BCUT2D eigenvalue weighted by molar-refractivity contribution is 7.89. The van der Waals surface area contributed by atoms with Crippen LogP contribution in [0.2, 0.25) is 5.02 Å². The molecule has 4 rings (SSSR count). The zero-order chi connectivity index (χ0) is 22.0. The summed E-state index contributed by atoms with van der Waals surface area (Å²) in [6.45, 7) is 1.93. The van der Waals surface area contributed by atoms with Gasteiger partial charge in [-0.2, -0.15) is 4.31 Å². The van der Waals surface area contributed by atoms with Gasteiger partial charge in [0, 0.05) is 41.6 Å². The Kier molecular flexibility index (Phi) is 5.91. The lowest BCUT2D eigenvalue weighted by molar-refractivity contribution is 0.399. The van der Waals surface area contributed by atoms with Crippen LogP contribution in [-0.2, 0) is 23.1 Å². The first kappa shape index (κ1) is 21.2. The van der Waals surface area contributed by atoms with E-state index in [1.807, 2.05) is 25.1 Å². The summed E-state index contributed by atoms with van der Waals surface area (Å²) in [5.41, 5.74) is 2.50. The van der Waals surface area contributed by atoms with Gasteiger partial charge in [0.1, 0.15) is 0 Å². The molecule has 0 atom stereocenters. The fourth-order valence-corrected chi connectivity index (χ4v) is 4.88. The first-order chi connectivity index (χ1) is 14.8. The molecule has 0 saturated heterocycles. The molecule has 31 heavy (non-hydrogen) atoms. The minimum absolute atomic E-state index is 0.0736. The Hall–Kier alpha value is -3.00. The second-order valence-electron chi connectivity index (χ2n) is 7.30. The summed E-state index contributed by atoms with van der Waals surface area (Å²) in [7, 11) is -3.90. The van der Waals surface area contributed by atoms with Crippen LogP contribution in [0.15, 0.2) is 82.7 Å². The molecule has 0 spiro atoms. The van der Waals surface area contributed by atoms with E-state index in [2.05, 4.69) is 9.97 Å². The number of aromatic amines is 1. The van der Waals surface area contributed by atoms with Crippen molar-refractivity contribution in [1.29, 1.82) is 0 Å². The molecule has 0 aliphatic rings. The van der Waals surface area contributed by atoms with Crippen molar-refractivity contribution in [2.75, 3.05) is 0 Å². The van der Waals surface area contributed by atoms with Gasteiger partial charge in [-0.25, -0.2) is 8.42 Å². The SMILES string of the molecule is Cc1ccc2cc(CN(Cc3cccnc3)S(=O)(=O)c3ccc(Cl)cc3)c(=O)[nH]c2c1. The average Bonchev–Trinajstić information content (AvgIpc) is 2.75. The van der Waals surface area contributed by atoms with Gasteiger partial charge in [-0.05, 0) is 65.9 Å². The quantitative estimate of drug-likeness (QED) is 0.472. The summed E-state index contributed by atoms with van der Waals surface area (Å²) in [5, 5.41) is 1.28. The Morgan fingerprint density at radius 2 is 1.81 bits per heavy atom. The van der Waals surface area contributed by atoms with Crippen LogP contribution in [-0.4, -0.2) is 22.7 Å². The number of aryl methyl sites for hydroxylation is 1. The number of pyridine rings is 2. The van der Waals surface area contributed by atoms with Crippen molar-refractivity contribution >= 4 is 32.5 Å². The summed E-state index contributed by atoms with van der Waals surface area (Å²) < 4.78 is 28.1. The van der Waals surface area contributed by atoms with Gasteiger partial charge in [0.25, 0.3) is 5.56 Å². The van der Waals surface area contributed by atoms with Gasteiger partial charge in [0.2, 0.25) is 10.0 Å². The lowest BCUT2D eigenvalue weighted by atomic mass is 10.1. The number of nitrogens with zero attached hydrogens (tertiary/aromatic N) is 2. The third-order valence-corrected chi connectivity index (χ3v) is 7.02. The van der Waals surface area contributed by atoms with Crippen molar-refractivity contribution in [2.45, 2.75) is 24.9 Å². The molecule has 4 aromatic rings. The van der Waals surface area contributed by atoms with E-state index in [9.17, 15) is 13.2 Å². The molecule has 8 heteroatoms. The van der Waals surface area contributed by atoms with E-state index >= 15 is 0 Å². The number of sulfonamides is 1. The Labute approximate surface area is 185 Å². The molecular weight excluding hydrogens is 434 g/mol. The largest absolute Gasteiger partial charge is 0.322 e. The van der Waals surface area contributed by atoms with E-state index in [1.54, 1.807) is 30.6 Å². The molecule has 1 N–H and O–H groups in total. The maximum Gasteiger partial charge on any atom is 0.252 e. The summed E-state index contributed by atoms with van der Waals surface area (Å²) in [6, 6.07) is 17.0. The maximum absolute atomic E-state index is 13.4. The molecule has 6 nitrogen and oxygen atoms in total. The van der Waals surface area contributed by atoms with Crippen LogP contribution < -0.4 is 5.56 Å². The van der Waals surface area contributed by atoms with Crippen molar-refractivity contribution < 1.29 is 8.42 Å². The first-order valence-electron chi connectivity index (χ1n) is 9.60. The number of hydrogen-bond acceptors (Lipinski definition) is 4. The van der Waals surface area contributed by atoms with E-state index in [-0.39, 0.29) is 23.5 Å². The molecule has 2 aromatic heterocycles. The number of halogens is 1. The standard InChI is InChI=1S/C23H20ClN3O3S/c1-16-4-5-18-12-19(23(28)26-22(18)11-16)15-27(14-17-3-2-10-25-13-17)31(29,30)21-8-6-20(24)7-9-21/h2-13H,14-15H2,1H3,(H,26,28). The van der Waals surface area contributed by atoms with Gasteiger partial charge in [-0.3, -0.25) is 9.78 Å². The average molecular weight is 454 g/mol. The molecule has 0 bridgehead atoms. The molecular formula is C23H20ClN3O3S. The highest BCUT2D eigenvalue weighted by Gasteiger charge is 2.26. The topological polar surface area (TPSA) is 83.1 Å². The normalized spacial score (nSPS) is 11.8. The van der Waals surface area contributed by atoms with Crippen LogP contribution >= 0.6 is 11.6 Å². The maximum atomic E-state index is 13.4. The van der Waals surface area contributed by atoms with Crippen molar-refractivity contribution in [3.05, 3.63) is 105 Å². The van der Waals surface area contributed by atoms with Crippen LogP contribution in [0, 0.1) is 6.92 Å². The number of nitrogens with one attached hydrogen (secondary N) is 1. The number of aromatic nitrogens is 2. The summed E-state index contributed by atoms with van der Waals surface area (Å²) in [4.78, 5) is 19.8. The summed E-state index contributed by atoms with van der Waals surface area (Å²) in [6.07, 6.45) is 3.23. The molecule has 2 heterocycles. The second kappa shape index (κ2) is 8.63. The summed E-state index contributed by atoms with van der Waals surface area (Å²) >= 11 is 5.93. The molecule has 158 valence electrons. The Balaban J connectivity index is 1.77. The van der Waals surface area contributed by atoms with Gasteiger partial charge in [-0.15, -0.1) is 0 Å². The van der Waals surface area contributed by atoms with Crippen LogP contribution in [0.25, 0.3) is 10.9 Å². The number of hydrogen-bond donors (Lipinski definition) is 1.